The molecule has 0 saturated heterocycles. The molecule has 0 radical (unpaired) electrons. The van der Waals surface area contributed by atoms with Gasteiger partial charge in [-0.25, -0.2) is 0 Å². The average molecular weight is 168 g/mol. The lowest BCUT2D eigenvalue weighted by atomic mass is 10.2. The minimum absolute atomic E-state index is 0.809. The molecule has 1 aromatic rings. The van der Waals surface area contributed by atoms with E-state index in [-0.39, 0.29) is 0 Å². The number of nitrogen functional groups attached to an aromatic ring is 2. The van der Waals surface area contributed by atoms with Crippen molar-refractivity contribution < 1.29 is 0 Å². The lowest BCUT2D eigenvalue weighted by Crippen LogP contribution is -1.94. The molecule has 0 aliphatic rings. The maximum Gasteiger partial charge on any atom is 0.0456 e. The van der Waals surface area contributed by atoms with Crippen molar-refractivity contribution in [3.63, 3.8) is 0 Å². The summed E-state index contributed by atoms with van der Waals surface area (Å²) < 4.78 is 0. The van der Waals surface area contributed by atoms with E-state index in [0.29, 0.717) is 0 Å². The fourth-order valence-electron chi connectivity index (χ4n) is 0.903. The Morgan fingerprint density at radius 1 is 1.18 bits per heavy atom. The normalized spacial score (nSPS) is 10.0. The van der Waals surface area contributed by atoms with Crippen LogP contribution in [0.3, 0.4) is 0 Å². The van der Waals surface area contributed by atoms with Gasteiger partial charge in [-0.1, -0.05) is 0 Å². The van der Waals surface area contributed by atoms with Crippen molar-refractivity contribution in [2.24, 2.45) is 0 Å². The van der Waals surface area contributed by atoms with Crippen LogP contribution in [0.15, 0.2) is 17.0 Å². The Labute approximate surface area is 71.0 Å². The molecular weight excluding hydrogens is 156 g/mol. The van der Waals surface area contributed by atoms with Crippen LogP contribution in [-0.2, 0) is 0 Å². The van der Waals surface area contributed by atoms with Gasteiger partial charge in [0.1, 0.15) is 0 Å². The molecular formula is C8H12N2S. The van der Waals surface area contributed by atoms with Gasteiger partial charge in [0.15, 0.2) is 0 Å². The second kappa shape index (κ2) is 3.05. The Kier molecular flexibility index (Phi) is 2.29. The number of hydrogen-bond acceptors (Lipinski definition) is 3. The van der Waals surface area contributed by atoms with E-state index in [0.717, 1.165) is 21.8 Å². The van der Waals surface area contributed by atoms with Gasteiger partial charge in [0.05, 0.1) is 0 Å². The second-order valence-corrected chi connectivity index (χ2v) is 3.30. The molecule has 0 atom stereocenters. The van der Waals surface area contributed by atoms with Gasteiger partial charge >= 0.3 is 0 Å². The van der Waals surface area contributed by atoms with Gasteiger partial charge in [-0.3, -0.25) is 0 Å². The van der Waals surface area contributed by atoms with E-state index in [1.807, 2.05) is 25.3 Å². The molecule has 0 saturated carbocycles. The van der Waals surface area contributed by atoms with Crippen molar-refractivity contribution in [3.05, 3.63) is 17.7 Å². The summed E-state index contributed by atoms with van der Waals surface area (Å²) >= 11 is 1.61. The smallest absolute Gasteiger partial charge is 0.0456 e. The quantitative estimate of drug-likeness (QED) is 0.497. The van der Waals surface area contributed by atoms with Crippen molar-refractivity contribution in [3.8, 4) is 0 Å². The molecule has 0 amide bonds. The monoisotopic (exact) mass is 168 g/mol. The first-order valence-electron chi connectivity index (χ1n) is 3.34. The number of nitrogens with two attached hydrogens (primary N) is 2. The molecule has 0 fully saturated rings. The summed E-state index contributed by atoms with van der Waals surface area (Å²) in [7, 11) is 0. The number of thioether (sulfide) groups is 1. The lowest BCUT2D eigenvalue weighted by molar-refractivity contribution is 1.39. The summed E-state index contributed by atoms with van der Waals surface area (Å²) in [5.74, 6) is 0. The Morgan fingerprint density at radius 3 is 2.36 bits per heavy atom. The van der Waals surface area contributed by atoms with Crippen molar-refractivity contribution in [2.75, 3.05) is 17.7 Å². The first kappa shape index (κ1) is 8.27. The summed E-state index contributed by atoms with van der Waals surface area (Å²) in [6, 6.07) is 3.82. The number of anilines is 2. The van der Waals surface area contributed by atoms with Gasteiger partial charge in [-0.15, -0.1) is 11.8 Å². The fraction of sp³-hybridized carbons (Fsp3) is 0.250. The van der Waals surface area contributed by atoms with E-state index in [4.69, 9.17) is 11.5 Å². The SMILES string of the molecule is CSc1cc(N)c(C)cc1N. The van der Waals surface area contributed by atoms with E-state index in [9.17, 15) is 0 Å². The van der Waals surface area contributed by atoms with Crippen molar-refractivity contribution in [2.45, 2.75) is 11.8 Å². The predicted molar refractivity (Wildman–Crippen MR) is 51.8 cm³/mol. The summed E-state index contributed by atoms with van der Waals surface area (Å²) in [5, 5.41) is 0. The number of benzene rings is 1. The van der Waals surface area contributed by atoms with Crippen LogP contribution in [-0.4, -0.2) is 6.26 Å². The zero-order valence-corrected chi connectivity index (χ0v) is 7.53. The molecule has 0 unspecified atom stereocenters. The van der Waals surface area contributed by atoms with Crippen LogP contribution < -0.4 is 11.5 Å². The van der Waals surface area contributed by atoms with Crippen LogP contribution in [0, 0.1) is 6.92 Å². The Balaban J connectivity index is 3.21. The highest BCUT2D eigenvalue weighted by atomic mass is 32.2. The molecule has 3 heteroatoms. The van der Waals surface area contributed by atoms with Crippen molar-refractivity contribution in [1.29, 1.82) is 0 Å². The third kappa shape index (κ3) is 1.60. The highest BCUT2D eigenvalue weighted by Crippen LogP contribution is 2.27. The topological polar surface area (TPSA) is 52.0 Å². The second-order valence-electron chi connectivity index (χ2n) is 2.45. The summed E-state index contributed by atoms with van der Waals surface area (Å²) in [6.45, 7) is 1.95. The number of rotatable bonds is 1. The van der Waals surface area contributed by atoms with Crippen LogP contribution in [0.25, 0.3) is 0 Å². The first-order valence-corrected chi connectivity index (χ1v) is 4.57. The van der Waals surface area contributed by atoms with Gasteiger partial charge in [0.2, 0.25) is 0 Å². The average Bonchev–Trinajstić information content (AvgIpc) is 1.97. The lowest BCUT2D eigenvalue weighted by Gasteiger charge is -2.05. The van der Waals surface area contributed by atoms with Crippen molar-refractivity contribution >= 4 is 23.1 Å². The first-order chi connectivity index (χ1) is 5.15. The van der Waals surface area contributed by atoms with Gasteiger partial charge in [-0.2, -0.15) is 0 Å². The third-order valence-corrected chi connectivity index (χ3v) is 2.41. The summed E-state index contributed by atoms with van der Waals surface area (Å²) in [4.78, 5) is 1.05. The molecule has 0 spiro atoms. The third-order valence-electron chi connectivity index (χ3n) is 1.62. The van der Waals surface area contributed by atoms with Crippen LogP contribution in [0.1, 0.15) is 5.56 Å². The maximum atomic E-state index is 5.72. The van der Waals surface area contributed by atoms with Gasteiger partial charge in [0.25, 0.3) is 0 Å². The maximum absolute atomic E-state index is 5.72. The van der Waals surface area contributed by atoms with E-state index < -0.39 is 0 Å². The van der Waals surface area contributed by atoms with Crippen LogP contribution in [0.5, 0.6) is 0 Å². The number of aryl methyl sites for hydroxylation is 1. The number of hydrogen-bond donors (Lipinski definition) is 2. The molecule has 0 bridgehead atoms. The molecule has 0 heterocycles. The highest BCUT2D eigenvalue weighted by Gasteiger charge is 2.00. The molecule has 0 aliphatic carbocycles. The minimum Gasteiger partial charge on any atom is -0.398 e. The van der Waals surface area contributed by atoms with Crippen molar-refractivity contribution in [1.82, 2.24) is 0 Å². The van der Waals surface area contributed by atoms with E-state index in [1.165, 1.54) is 0 Å². The van der Waals surface area contributed by atoms with Crippen LogP contribution >= 0.6 is 11.8 Å². The van der Waals surface area contributed by atoms with Gasteiger partial charge in [0, 0.05) is 16.3 Å². The Hall–Kier alpha value is -0.830. The molecule has 11 heavy (non-hydrogen) atoms. The van der Waals surface area contributed by atoms with E-state index in [1.54, 1.807) is 11.8 Å². The molecule has 1 rings (SSSR count). The molecule has 0 aromatic heterocycles. The largest absolute Gasteiger partial charge is 0.398 e. The molecule has 2 nitrogen and oxygen atoms in total. The molecule has 1 aromatic carbocycles. The Morgan fingerprint density at radius 2 is 1.82 bits per heavy atom. The van der Waals surface area contributed by atoms with E-state index >= 15 is 0 Å². The highest BCUT2D eigenvalue weighted by molar-refractivity contribution is 7.98. The van der Waals surface area contributed by atoms with Gasteiger partial charge in [-0.05, 0) is 30.9 Å². The molecule has 0 aliphatic heterocycles. The summed E-state index contributed by atoms with van der Waals surface area (Å²) in [6.07, 6.45) is 1.99. The predicted octanol–water partition coefficient (Wildman–Crippen LogP) is 1.88. The minimum atomic E-state index is 0.809. The van der Waals surface area contributed by atoms with Gasteiger partial charge < -0.3 is 11.5 Å². The zero-order chi connectivity index (χ0) is 8.43. The molecule has 4 N–H and O–H groups in total. The zero-order valence-electron chi connectivity index (χ0n) is 6.72. The summed E-state index contributed by atoms with van der Waals surface area (Å²) in [5.41, 5.74) is 14.1. The Bertz CT molecular complexity index is 271. The van der Waals surface area contributed by atoms with Crippen LogP contribution in [0.4, 0.5) is 11.4 Å². The van der Waals surface area contributed by atoms with Crippen LogP contribution in [0.2, 0.25) is 0 Å². The fourth-order valence-corrected chi connectivity index (χ4v) is 1.44. The van der Waals surface area contributed by atoms with E-state index in [2.05, 4.69) is 0 Å². The standard InChI is InChI=1S/C8H12N2S/c1-5-3-7(10)8(11-2)4-6(5)9/h3-4H,9-10H2,1-2H3. The molecule has 60 valence electrons.